The first-order valence-corrected chi connectivity index (χ1v) is 8.17. The smallest absolute Gasteiger partial charge is 0.372 e. The summed E-state index contributed by atoms with van der Waals surface area (Å²) in [4.78, 5) is 7.68. The molecule has 3 heterocycles. The van der Waals surface area contributed by atoms with Gasteiger partial charge in [0, 0.05) is 32.1 Å². The van der Waals surface area contributed by atoms with Gasteiger partial charge in [0.15, 0.2) is 0 Å². The van der Waals surface area contributed by atoms with Crippen LogP contribution in [0.25, 0.3) is 0 Å². The first-order valence-electron chi connectivity index (χ1n) is 8.17. The molecule has 2 aromatic heterocycles. The Morgan fingerprint density at radius 2 is 1.96 bits per heavy atom. The van der Waals surface area contributed by atoms with E-state index >= 15 is 0 Å². The summed E-state index contributed by atoms with van der Waals surface area (Å²) in [5, 5.41) is 17.9. The first kappa shape index (κ1) is 18.8. The predicted octanol–water partition coefficient (Wildman–Crippen LogP) is 3.35. The number of aromatic nitrogens is 4. The number of hydrogen-bond donors (Lipinski definition) is 2. The van der Waals surface area contributed by atoms with Gasteiger partial charge < -0.3 is 10.6 Å². The fraction of sp³-hybridized carbons (Fsp3) is 0.438. The minimum absolute atomic E-state index is 0.0364. The molecule has 2 N–H and O–H groups in total. The molecule has 144 valence electrons. The van der Waals surface area contributed by atoms with Gasteiger partial charge in [0.05, 0.1) is 22.6 Å². The van der Waals surface area contributed by atoms with E-state index in [1.165, 1.54) is 7.05 Å². The number of anilines is 3. The van der Waals surface area contributed by atoms with Crippen LogP contribution in [0.4, 0.5) is 30.6 Å². The number of alkyl halides is 3. The Bertz CT molecular complexity index is 911. The Morgan fingerprint density at radius 3 is 2.56 bits per heavy atom. The molecule has 0 saturated carbocycles. The third-order valence-corrected chi connectivity index (χ3v) is 4.30. The summed E-state index contributed by atoms with van der Waals surface area (Å²) in [6.07, 6.45) is 0.321. The lowest BCUT2D eigenvalue weighted by Gasteiger charge is -2.24. The molecule has 0 unspecified atom stereocenters. The van der Waals surface area contributed by atoms with Crippen molar-refractivity contribution in [3.05, 3.63) is 23.7 Å². The van der Waals surface area contributed by atoms with Crippen molar-refractivity contribution in [2.24, 2.45) is 10.2 Å². The molecule has 0 aromatic carbocycles. The molecule has 1 aliphatic rings. The topological polar surface area (TPSA) is 92.4 Å². The Labute approximate surface area is 153 Å². The summed E-state index contributed by atoms with van der Waals surface area (Å²) in [6, 6.07) is 0. The lowest BCUT2D eigenvalue weighted by atomic mass is 9.97. The minimum Gasteiger partial charge on any atom is -0.372 e. The Morgan fingerprint density at radius 1 is 1.22 bits per heavy atom. The van der Waals surface area contributed by atoms with Gasteiger partial charge in [0.25, 0.3) is 0 Å². The van der Waals surface area contributed by atoms with E-state index in [0.29, 0.717) is 17.8 Å². The number of halogens is 3. The maximum Gasteiger partial charge on any atom is 0.421 e. The van der Waals surface area contributed by atoms with E-state index in [0.717, 1.165) is 11.9 Å². The van der Waals surface area contributed by atoms with E-state index in [2.05, 4.69) is 35.9 Å². The normalized spacial score (nSPS) is 14.4. The zero-order chi connectivity index (χ0) is 19.8. The van der Waals surface area contributed by atoms with Crippen molar-refractivity contribution in [1.82, 2.24) is 19.7 Å². The number of nitrogens with one attached hydrogen (secondary N) is 2. The standard InChI is InChI=1S/C16H19F3N8/c1-9-11(8-27(26-9)15(2,3)12-5-6-22-25-12)23-14-21-7-10(16(17,18)19)13(20-4)24-14/h6-8H,5H2,1-4H3,(H2,20,21,23,24). The van der Waals surface area contributed by atoms with Gasteiger partial charge >= 0.3 is 6.18 Å². The average molecular weight is 380 g/mol. The van der Waals surface area contributed by atoms with Gasteiger partial charge in [-0.1, -0.05) is 0 Å². The Hall–Kier alpha value is -2.98. The van der Waals surface area contributed by atoms with Crippen LogP contribution in [0.2, 0.25) is 0 Å². The summed E-state index contributed by atoms with van der Waals surface area (Å²) < 4.78 is 40.6. The summed E-state index contributed by atoms with van der Waals surface area (Å²) in [7, 11) is 1.37. The van der Waals surface area contributed by atoms with E-state index in [4.69, 9.17) is 0 Å². The molecule has 0 spiro atoms. The number of nitrogens with zero attached hydrogens (tertiary/aromatic N) is 6. The monoisotopic (exact) mass is 380 g/mol. The number of aryl methyl sites for hydroxylation is 1. The fourth-order valence-electron chi connectivity index (χ4n) is 2.61. The summed E-state index contributed by atoms with van der Waals surface area (Å²) in [5.41, 5.74) is 0.669. The van der Waals surface area contributed by atoms with Crippen LogP contribution in [0.1, 0.15) is 31.5 Å². The van der Waals surface area contributed by atoms with Crippen molar-refractivity contribution in [2.45, 2.75) is 38.9 Å². The maximum absolute atomic E-state index is 13.0. The van der Waals surface area contributed by atoms with E-state index in [1.807, 2.05) is 13.8 Å². The van der Waals surface area contributed by atoms with Crippen molar-refractivity contribution < 1.29 is 13.2 Å². The largest absolute Gasteiger partial charge is 0.421 e. The van der Waals surface area contributed by atoms with Gasteiger partial charge in [-0.3, -0.25) is 4.68 Å². The van der Waals surface area contributed by atoms with Crippen molar-refractivity contribution in [2.75, 3.05) is 17.7 Å². The minimum atomic E-state index is -4.54. The molecule has 27 heavy (non-hydrogen) atoms. The van der Waals surface area contributed by atoms with Crippen molar-refractivity contribution >= 4 is 29.4 Å². The van der Waals surface area contributed by atoms with Gasteiger partial charge in [0.1, 0.15) is 11.4 Å². The SMILES string of the molecule is CNc1nc(Nc2cn(C(C)(C)C3=NN=CC3)nc2C)ncc1C(F)(F)F. The van der Waals surface area contributed by atoms with E-state index in [1.54, 1.807) is 24.0 Å². The van der Waals surface area contributed by atoms with Gasteiger partial charge in [0.2, 0.25) is 5.95 Å². The highest BCUT2D eigenvalue weighted by molar-refractivity contribution is 6.02. The highest BCUT2D eigenvalue weighted by Gasteiger charge is 2.35. The molecule has 2 aromatic rings. The first-order chi connectivity index (χ1) is 12.6. The van der Waals surface area contributed by atoms with Crippen LogP contribution in [0.5, 0.6) is 0 Å². The van der Waals surface area contributed by atoms with Crippen molar-refractivity contribution in [3.63, 3.8) is 0 Å². The van der Waals surface area contributed by atoms with Crippen LogP contribution < -0.4 is 10.6 Å². The predicted molar refractivity (Wildman–Crippen MR) is 96.7 cm³/mol. The summed E-state index contributed by atoms with van der Waals surface area (Å²) in [5.74, 6) is -0.266. The number of hydrogen-bond acceptors (Lipinski definition) is 7. The lowest BCUT2D eigenvalue weighted by Crippen LogP contribution is -2.35. The molecule has 0 radical (unpaired) electrons. The fourth-order valence-corrected chi connectivity index (χ4v) is 2.61. The van der Waals surface area contributed by atoms with E-state index < -0.39 is 17.3 Å². The summed E-state index contributed by atoms with van der Waals surface area (Å²) >= 11 is 0. The van der Waals surface area contributed by atoms with Crippen LogP contribution >= 0.6 is 0 Å². The third kappa shape index (κ3) is 3.62. The second-order valence-electron chi connectivity index (χ2n) is 6.51. The third-order valence-electron chi connectivity index (χ3n) is 4.30. The van der Waals surface area contributed by atoms with Crippen molar-refractivity contribution in [1.29, 1.82) is 0 Å². The Balaban J connectivity index is 1.88. The van der Waals surface area contributed by atoms with Gasteiger partial charge in [-0.25, -0.2) is 4.98 Å². The molecule has 11 heteroatoms. The average Bonchev–Trinajstić information content (AvgIpc) is 3.25. The lowest BCUT2D eigenvalue weighted by molar-refractivity contribution is -0.137. The van der Waals surface area contributed by atoms with Gasteiger partial charge in [-0.15, -0.1) is 0 Å². The molecule has 0 amide bonds. The zero-order valence-electron chi connectivity index (χ0n) is 15.3. The maximum atomic E-state index is 13.0. The number of rotatable bonds is 5. The molecule has 0 aliphatic carbocycles. The highest BCUT2D eigenvalue weighted by Crippen LogP contribution is 2.34. The molecule has 8 nitrogen and oxygen atoms in total. The van der Waals surface area contributed by atoms with Crippen LogP contribution in [-0.4, -0.2) is 38.7 Å². The van der Waals surface area contributed by atoms with E-state index in [-0.39, 0.29) is 11.8 Å². The molecular formula is C16H19F3N8. The molecule has 3 rings (SSSR count). The molecule has 0 fully saturated rings. The van der Waals surface area contributed by atoms with Crippen LogP contribution in [0.15, 0.2) is 22.6 Å². The zero-order valence-corrected chi connectivity index (χ0v) is 15.3. The molecule has 0 saturated heterocycles. The summed E-state index contributed by atoms with van der Waals surface area (Å²) in [6.45, 7) is 5.71. The van der Waals surface area contributed by atoms with Crippen LogP contribution in [0, 0.1) is 6.92 Å². The highest BCUT2D eigenvalue weighted by atomic mass is 19.4. The van der Waals surface area contributed by atoms with Crippen LogP contribution in [-0.2, 0) is 11.7 Å². The Kier molecular flexibility index (Phi) is 4.62. The molecule has 0 bridgehead atoms. The quantitative estimate of drug-likeness (QED) is 0.830. The molecule has 1 aliphatic heterocycles. The van der Waals surface area contributed by atoms with Gasteiger partial charge in [-0.05, 0) is 20.8 Å². The van der Waals surface area contributed by atoms with Gasteiger partial charge in [-0.2, -0.15) is 33.5 Å². The second-order valence-corrected chi connectivity index (χ2v) is 6.51. The second kappa shape index (κ2) is 6.63. The van der Waals surface area contributed by atoms with Crippen LogP contribution in [0.3, 0.4) is 0 Å². The molecule has 0 atom stereocenters. The molecular weight excluding hydrogens is 361 g/mol. The van der Waals surface area contributed by atoms with Crippen molar-refractivity contribution in [3.8, 4) is 0 Å². The van der Waals surface area contributed by atoms with E-state index in [9.17, 15) is 13.2 Å².